The van der Waals surface area contributed by atoms with E-state index >= 15 is 0 Å². The van der Waals surface area contributed by atoms with Gasteiger partial charge < -0.3 is 19.5 Å². The first-order valence-corrected chi connectivity index (χ1v) is 12.8. The van der Waals surface area contributed by atoms with Crippen molar-refractivity contribution in [2.45, 2.75) is 43.9 Å². The number of aryl methyl sites for hydroxylation is 1. The maximum atomic E-state index is 12.5. The summed E-state index contributed by atoms with van der Waals surface area (Å²) in [5.41, 5.74) is 1.77. The minimum Gasteiger partial charge on any atom is -0.486 e. The van der Waals surface area contributed by atoms with Crippen LogP contribution in [-0.2, 0) is 30.8 Å². The fourth-order valence-corrected chi connectivity index (χ4v) is 4.43. The van der Waals surface area contributed by atoms with E-state index in [0.29, 0.717) is 49.7 Å². The van der Waals surface area contributed by atoms with Crippen LogP contribution in [0.3, 0.4) is 0 Å². The van der Waals surface area contributed by atoms with Crippen LogP contribution in [0.5, 0.6) is 11.5 Å². The summed E-state index contributed by atoms with van der Waals surface area (Å²) in [5, 5.41) is 2.70. The molecule has 2 aromatic carbocycles. The highest BCUT2D eigenvalue weighted by molar-refractivity contribution is 7.89. The zero-order valence-electron chi connectivity index (χ0n) is 19.2. The molecule has 0 spiro atoms. The lowest BCUT2D eigenvalue weighted by Crippen LogP contribution is -2.25. The van der Waals surface area contributed by atoms with Gasteiger partial charge >= 0.3 is 5.97 Å². The molecule has 2 N–H and O–H groups in total. The van der Waals surface area contributed by atoms with Gasteiger partial charge in [0, 0.05) is 24.7 Å². The molecule has 10 heteroatoms. The number of hydrogen-bond acceptors (Lipinski definition) is 7. The highest BCUT2D eigenvalue weighted by atomic mass is 32.2. The van der Waals surface area contributed by atoms with Crippen molar-refractivity contribution in [3.8, 4) is 11.5 Å². The van der Waals surface area contributed by atoms with Crippen LogP contribution in [0.15, 0.2) is 47.4 Å². The number of sulfonamides is 1. The Morgan fingerprint density at radius 2 is 1.79 bits per heavy atom. The van der Waals surface area contributed by atoms with Crippen LogP contribution in [0.1, 0.15) is 38.2 Å². The van der Waals surface area contributed by atoms with Crippen molar-refractivity contribution in [1.82, 2.24) is 4.72 Å². The lowest BCUT2D eigenvalue weighted by Gasteiger charge is -2.18. The molecule has 2 aromatic rings. The molecule has 0 aromatic heterocycles. The van der Waals surface area contributed by atoms with Crippen molar-refractivity contribution in [3.05, 3.63) is 48.0 Å². The molecule has 0 radical (unpaired) electrons. The van der Waals surface area contributed by atoms with Gasteiger partial charge in [0.25, 0.3) is 5.91 Å². The molecule has 0 bridgehead atoms. The largest absolute Gasteiger partial charge is 0.486 e. The van der Waals surface area contributed by atoms with Crippen molar-refractivity contribution in [1.29, 1.82) is 0 Å². The molecule has 0 fully saturated rings. The van der Waals surface area contributed by atoms with Gasteiger partial charge in [0.2, 0.25) is 10.0 Å². The topological polar surface area (TPSA) is 120 Å². The minimum absolute atomic E-state index is 0.111. The average Bonchev–Trinajstić information content (AvgIpc) is 2.84. The molecular weight excluding hydrogens is 460 g/mol. The van der Waals surface area contributed by atoms with Gasteiger partial charge in [-0.1, -0.05) is 25.5 Å². The Kier molecular flexibility index (Phi) is 9.29. The molecule has 0 saturated carbocycles. The maximum Gasteiger partial charge on any atom is 0.306 e. The van der Waals surface area contributed by atoms with Crippen LogP contribution in [0.25, 0.3) is 0 Å². The van der Waals surface area contributed by atoms with E-state index in [4.69, 9.17) is 14.2 Å². The van der Waals surface area contributed by atoms with E-state index in [9.17, 15) is 18.0 Å². The van der Waals surface area contributed by atoms with E-state index < -0.39 is 21.9 Å². The Bertz CT molecular complexity index is 1100. The molecule has 3 rings (SSSR count). The molecule has 1 amide bonds. The van der Waals surface area contributed by atoms with E-state index in [-0.39, 0.29) is 24.5 Å². The number of anilines is 1. The molecule has 0 aliphatic carbocycles. The number of esters is 1. The first kappa shape index (κ1) is 25.5. The van der Waals surface area contributed by atoms with Crippen molar-refractivity contribution < 1.29 is 32.2 Å². The third-order valence-corrected chi connectivity index (χ3v) is 6.62. The molecule has 34 heavy (non-hydrogen) atoms. The summed E-state index contributed by atoms with van der Waals surface area (Å²) < 4.78 is 43.3. The first-order valence-electron chi connectivity index (χ1n) is 11.3. The van der Waals surface area contributed by atoms with Crippen LogP contribution in [0.2, 0.25) is 0 Å². The standard InChI is InChI=1S/C24H30N2O7S/c1-2-18-7-6-8-19(15-18)26-23(27)17-33-24(28)9-4-3-5-12-25-34(29,30)20-10-11-21-22(16-20)32-14-13-31-21/h6-8,10-11,15-16,25H,2-5,9,12-14,17H2,1H3,(H,26,27). The van der Waals surface area contributed by atoms with Gasteiger partial charge in [-0.25, -0.2) is 13.1 Å². The molecule has 1 aliphatic heterocycles. The van der Waals surface area contributed by atoms with E-state index in [2.05, 4.69) is 10.0 Å². The van der Waals surface area contributed by atoms with Gasteiger partial charge in [-0.2, -0.15) is 0 Å². The number of carbonyl (C=O) groups excluding carboxylic acids is 2. The van der Waals surface area contributed by atoms with Crippen LogP contribution < -0.4 is 19.5 Å². The molecule has 184 valence electrons. The summed E-state index contributed by atoms with van der Waals surface area (Å²) in [5.74, 6) is 0.0838. The van der Waals surface area contributed by atoms with Crippen molar-refractivity contribution in [2.24, 2.45) is 0 Å². The molecule has 1 aliphatic rings. The van der Waals surface area contributed by atoms with E-state index in [1.807, 2.05) is 25.1 Å². The van der Waals surface area contributed by atoms with Gasteiger partial charge in [-0.15, -0.1) is 0 Å². The number of benzene rings is 2. The Morgan fingerprint density at radius 1 is 1.00 bits per heavy atom. The summed E-state index contributed by atoms with van der Waals surface area (Å²) in [6.07, 6.45) is 2.75. The second kappa shape index (κ2) is 12.4. The Hall–Kier alpha value is -3.11. The number of unbranched alkanes of at least 4 members (excludes halogenated alkanes) is 2. The third kappa shape index (κ3) is 7.74. The van der Waals surface area contributed by atoms with E-state index in [0.717, 1.165) is 12.0 Å². The van der Waals surface area contributed by atoms with Crippen molar-refractivity contribution in [3.63, 3.8) is 0 Å². The monoisotopic (exact) mass is 490 g/mol. The molecule has 1 heterocycles. The number of rotatable bonds is 12. The van der Waals surface area contributed by atoms with Gasteiger partial charge in [-0.05, 0) is 49.1 Å². The average molecular weight is 491 g/mol. The zero-order valence-corrected chi connectivity index (χ0v) is 20.0. The normalized spacial score (nSPS) is 12.7. The second-order valence-electron chi connectivity index (χ2n) is 7.78. The van der Waals surface area contributed by atoms with Crippen LogP contribution >= 0.6 is 0 Å². The Labute approximate surface area is 199 Å². The SMILES string of the molecule is CCc1cccc(NC(=O)COC(=O)CCCCCNS(=O)(=O)c2ccc3c(c2)OCCO3)c1. The van der Waals surface area contributed by atoms with Gasteiger partial charge in [-0.3, -0.25) is 9.59 Å². The smallest absolute Gasteiger partial charge is 0.306 e. The second-order valence-corrected chi connectivity index (χ2v) is 9.54. The number of carbonyl (C=O) groups is 2. The van der Waals surface area contributed by atoms with Crippen molar-refractivity contribution >= 4 is 27.6 Å². The maximum absolute atomic E-state index is 12.5. The summed E-state index contributed by atoms with van der Waals surface area (Å²) in [6.45, 7) is 2.74. The van der Waals surface area contributed by atoms with Gasteiger partial charge in [0.1, 0.15) is 13.2 Å². The summed E-state index contributed by atoms with van der Waals surface area (Å²) >= 11 is 0. The number of amides is 1. The summed E-state index contributed by atoms with van der Waals surface area (Å²) in [7, 11) is -3.67. The molecule has 0 atom stereocenters. The molecular formula is C24H30N2O7S. The van der Waals surface area contributed by atoms with E-state index in [1.54, 1.807) is 12.1 Å². The molecule has 0 unspecified atom stereocenters. The van der Waals surface area contributed by atoms with Crippen LogP contribution in [0, 0.1) is 0 Å². The highest BCUT2D eigenvalue weighted by Gasteiger charge is 2.19. The fraction of sp³-hybridized carbons (Fsp3) is 0.417. The van der Waals surface area contributed by atoms with Crippen LogP contribution in [0.4, 0.5) is 5.69 Å². The Morgan fingerprint density at radius 3 is 2.59 bits per heavy atom. The highest BCUT2D eigenvalue weighted by Crippen LogP contribution is 2.32. The molecule has 0 saturated heterocycles. The lowest BCUT2D eigenvalue weighted by atomic mass is 10.1. The molecule has 9 nitrogen and oxygen atoms in total. The Balaban J connectivity index is 1.29. The minimum atomic E-state index is -3.67. The zero-order chi connectivity index (χ0) is 24.4. The van der Waals surface area contributed by atoms with Gasteiger partial charge in [0.15, 0.2) is 18.1 Å². The quantitative estimate of drug-likeness (QED) is 0.347. The van der Waals surface area contributed by atoms with Gasteiger partial charge in [0.05, 0.1) is 4.90 Å². The predicted molar refractivity (Wildman–Crippen MR) is 126 cm³/mol. The van der Waals surface area contributed by atoms with Crippen molar-refractivity contribution in [2.75, 3.05) is 31.7 Å². The summed E-state index contributed by atoms with van der Waals surface area (Å²) in [4.78, 5) is 23.9. The van der Waals surface area contributed by atoms with Crippen LogP contribution in [-0.4, -0.2) is 46.7 Å². The van der Waals surface area contributed by atoms with E-state index in [1.165, 1.54) is 12.1 Å². The number of ether oxygens (including phenoxy) is 3. The summed E-state index contributed by atoms with van der Waals surface area (Å²) in [6, 6.07) is 12.0. The predicted octanol–water partition coefficient (Wildman–Crippen LogP) is 3.04. The third-order valence-electron chi connectivity index (χ3n) is 5.16. The number of nitrogens with one attached hydrogen (secondary N) is 2. The fourth-order valence-electron chi connectivity index (χ4n) is 3.34. The lowest BCUT2D eigenvalue weighted by molar-refractivity contribution is -0.147. The number of hydrogen-bond donors (Lipinski definition) is 2. The first-order chi connectivity index (χ1) is 16.4. The number of fused-ring (bicyclic) bond motifs is 1.